The van der Waals surface area contributed by atoms with Crippen molar-refractivity contribution in [1.82, 2.24) is 0 Å². The first-order chi connectivity index (χ1) is 12.8. The monoisotopic (exact) mass is 360 g/mol. The molecule has 1 heterocycles. The molecule has 2 N–H and O–H groups in total. The summed E-state index contributed by atoms with van der Waals surface area (Å²) in [5.74, 6) is -0.674. The largest absolute Gasteiger partial charge is 0.481 e. The van der Waals surface area contributed by atoms with Gasteiger partial charge in [-0.1, -0.05) is 38.1 Å². The highest BCUT2D eigenvalue weighted by atomic mass is 16.4. The van der Waals surface area contributed by atoms with Crippen LogP contribution < -0.4 is 5.32 Å². The van der Waals surface area contributed by atoms with Gasteiger partial charge >= 0.3 is 5.97 Å². The molecule has 2 aromatic rings. The molecule has 1 aliphatic heterocycles. The summed E-state index contributed by atoms with van der Waals surface area (Å²) in [5, 5.41) is 22.3. The fraction of sp³-hybridized carbons (Fsp3) is 0.391. The third kappa shape index (κ3) is 3.19. The van der Waals surface area contributed by atoms with Crippen molar-refractivity contribution in [3.05, 3.63) is 64.7 Å². The topological polar surface area (TPSA) is 73.1 Å². The Balaban J connectivity index is 1.62. The Kier molecular flexibility index (Phi) is 3.99. The molecule has 0 bridgehead atoms. The molecule has 2 aromatic carbocycles. The number of nitrogens with one attached hydrogen (secondary N) is 1. The summed E-state index contributed by atoms with van der Waals surface area (Å²) in [7, 11) is 0. The van der Waals surface area contributed by atoms with Crippen molar-refractivity contribution in [2.24, 2.45) is 5.41 Å². The molecular formula is C23H24N2O2. The molecule has 0 aromatic heterocycles. The highest BCUT2D eigenvalue weighted by molar-refractivity contribution is 5.78. The Morgan fingerprint density at radius 1 is 1.26 bits per heavy atom. The Bertz CT molecular complexity index is 951. The second kappa shape index (κ2) is 6.13. The van der Waals surface area contributed by atoms with E-state index in [1.54, 1.807) is 0 Å². The van der Waals surface area contributed by atoms with Crippen molar-refractivity contribution < 1.29 is 9.90 Å². The summed E-state index contributed by atoms with van der Waals surface area (Å²) >= 11 is 0. The zero-order valence-corrected chi connectivity index (χ0v) is 15.7. The normalized spacial score (nSPS) is 21.4. The molecular weight excluding hydrogens is 336 g/mol. The molecule has 1 saturated carbocycles. The first-order valence-corrected chi connectivity index (χ1v) is 9.46. The van der Waals surface area contributed by atoms with E-state index in [0.29, 0.717) is 12.0 Å². The highest BCUT2D eigenvalue weighted by Crippen LogP contribution is 2.49. The van der Waals surface area contributed by atoms with Crippen molar-refractivity contribution in [3.8, 4) is 6.07 Å². The Hall–Kier alpha value is -2.80. The van der Waals surface area contributed by atoms with E-state index in [-0.39, 0.29) is 11.5 Å². The highest BCUT2D eigenvalue weighted by Gasteiger charge is 2.50. The summed E-state index contributed by atoms with van der Waals surface area (Å²) in [4.78, 5) is 11.5. The lowest BCUT2D eigenvalue weighted by molar-refractivity contribution is -0.143. The molecule has 138 valence electrons. The van der Waals surface area contributed by atoms with Crippen LogP contribution in [0, 0.1) is 16.7 Å². The zero-order valence-electron chi connectivity index (χ0n) is 15.7. The molecule has 27 heavy (non-hydrogen) atoms. The summed E-state index contributed by atoms with van der Waals surface area (Å²) in [6, 6.07) is 16.6. The summed E-state index contributed by atoms with van der Waals surface area (Å²) in [6.07, 6.45) is 3.07. The second-order valence-electron chi connectivity index (χ2n) is 8.66. The minimum atomic E-state index is -0.674. The Morgan fingerprint density at radius 3 is 2.70 bits per heavy atom. The molecule has 1 atom stereocenters. The Morgan fingerprint density at radius 2 is 2.04 bits per heavy atom. The zero-order chi connectivity index (χ0) is 19.2. The smallest absolute Gasteiger partial charge is 0.309 e. The van der Waals surface area contributed by atoms with Gasteiger partial charge in [0.15, 0.2) is 0 Å². The molecule has 0 radical (unpaired) electrons. The van der Waals surface area contributed by atoms with Crippen molar-refractivity contribution in [3.63, 3.8) is 0 Å². The van der Waals surface area contributed by atoms with Crippen LogP contribution in [0.2, 0.25) is 0 Å². The molecule has 1 unspecified atom stereocenters. The molecule has 0 saturated heterocycles. The van der Waals surface area contributed by atoms with E-state index in [2.05, 4.69) is 37.4 Å². The van der Waals surface area contributed by atoms with E-state index in [9.17, 15) is 15.2 Å². The number of carbonyl (C=O) groups is 1. The van der Waals surface area contributed by atoms with Crippen LogP contribution >= 0.6 is 0 Å². The number of rotatable bonds is 4. The average Bonchev–Trinajstić information content (AvgIpc) is 3.42. The number of nitriles is 1. The van der Waals surface area contributed by atoms with Gasteiger partial charge in [-0.05, 0) is 66.0 Å². The van der Waals surface area contributed by atoms with Crippen molar-refractivity contribution in [2.45, 2.75) is 51.0 Å². The maximum atomic E-state index is 11.5. The van der Waals surface area contributed by atoms with E-state index >= 15 is 0 Å². The predicted octanol–water partition coefficient (Wildman–Crippen LogP) is 4.80. The van der Waals surface area contributed by atoms with Crippen LogP contribution in [0.5, 0.6) is 0 Å². The lowest BCUT2D eigenvalue weighted by Crippen LogP contribution is -2.31. The minimum absolute atomic E-state index is 0.0487. The van der Waals surface area contributed by atoms with Crippen molar-refractivity contribution >= 4 is 11.7 Å². The predicted molar refractivity (Wildman–Crippen MR) is 105 cm³/mol. The van der Waals surface area contributed by atoms with Crippen molar-refractivity contribution in [2.75, 3.05) is 5.32 Å². The minimum Gasteiger partial charge on any atom is -0.481 e. The van der Waals surface area contributed by atoms with Crippen LogP contribution in [0.4, 0.5) is 5.69 Å². The van der Waals surface area contributed by atoms with Crippen LogP contribution in [0.3, 0.4) is 0 Å². The number of benzene rings is 2. The average molecular weight is 360 g/mol. The van der Waals surface area contributed by atoms with E-state index in [4.69, 9.17) is 0 Å². The van der Waals surface area contributed by atoms with Gasteiger partial charge in [0.25, 0.3) is 0 Å². The van der Waals surface area contributed by atoms with Crippen LogP contribution in [0.25, 0.3) is 0 Å². The first kappa shape index (κ1) is 17.6. The number of hydrogen-bond donors (Lipinski definition) is 2. The number of fused-ring (bicyclic) bond motifs is 1. The van der Waals surface area contributed by atoms with Crippen LogP contribution in [-0.4, -0.2) is 11.1 Å². The molecule has 4 heteroatoms. The van der Waals surface area contributed by atoms with Crippen molar-refractivity contribution in [1.29, 1.82) is 5.26 Å². The van der Waals surface area contributed by atoms with E-state index in [1.807, 2.05) is 30.3 Å². The van der Waals surface area contributed by atoms with Gasteiger partial charge < -0.3 is 10.4 Å². The lowest BCUT2D eigenvalue weighted by atomic mass is 9.73. The van der Waals surface area contributed by atoms with Crippen LogP contribution in [0.15, 0.2) is 42.5 Å². The molecule has 0 amide bonds. The van der Waals surface area contributed by atoms with Gasteiger partial charge in [-0.2, -0.15) is 5.26 Å². The van der Waals surface area contributed by atoms with Crippen LogP contribution in [-0.2, 0) is 16.6 Å². The third-order valence-electron chi connectivity index (χ3n) is 6.13. The van der Waals surface area contributed by atoms with Gasteiger partial charge in [-0.15, -0.1) is 0 Å². The van der Waals surface area contributed by atoms with Gasteiger partial charge in [0.2, 0.25) is 0 Å². The summed E-state index contributed by atoms with van der Waals surface area (Å²) in [6.45, 7) is 4.43. The molecule has 1 fully saturated rings. The van der Waals surface area contributed by atoms with Gasteiger partial charge in [-0.3, -0.25) is 4.79 Å². The molecule has 4 nitrogen and oxygen atoms in total. The fourth-order valence-corrected chi connectivity index (χ4v) is 4.29. The van der Waals surface area contributed by atoms with Gasteiger partial charge in [0.05, 0.1) is 23.1 Å². The van der Waals surface area contributed by atoms with Gasteiger partial charge in [0, 0.05) is 5.69 Å². The number of hydrogen-bond acceptors (Lipinski definition) is 3. The molecule has 4 rings (SSSR count). The molecule has 2 aliphatic rings. The number of aliphatic carboxylic acids is 1. The maximum Gasteiger partial charge on any atom is 0.309 e. The number of nitrogens with zero attached hydrogens (tertiary/aromatic N) is 1. The lowest BCUT2D eigenvalue weighted by Gasteiger charge is -2.39. The maximum absolute atomic E-state index is 11.5. The standard InChI is InChI=1S/C23H24N2O2/c1-22(2)13-20(25-19-7-6-16(14-24)11-18(19)22)17-5-3-4-15(10-17)12-23(8-9-23)21(26)27/h3-7,10-11,20,25H,8-9,12-13H2,1-2H3,(H,26,27). The van der Waals surface area contributed by atoms with Crippen LogP contribution in [0.1, 0.15) is 61.4 Å². The quantitative estimate of drug-likeness (QED) is 0.821. The molecule has 1 aliphatic carbocycles. The number of anilines is 1. The SMILES string of the molecule is CC1(C)CC(c2cccc(CC3(C(=O)O)CC3)c2)Nc2ccc(C#N)cc21. The number of carboxylic acids is 1. The fourth-order valence-electron chi connectivity index (χ4n) is 4.29. The molecule has 0 spiro atoms. The first-order valence-electron chi connectivity index (χ1n) is 9.46. The van der Waals surface area contributed by atoms with Gasteiger partial charge in [0.1, 0.15) is 0 Å². The summed E-state index contributed by atoms with van der Waals surface area (Å²) in [5.41, 5.74) is 4.63. The number of carboxylic acid groups (broad SMARTS) is 1. The Labute approximate surface area is 159 Å². The third-order valence-corrected chi connectivity index (χ3v) is 6.13. The summed E-state index contributed by atoms with van der Waals surface area (Å²) < 4.78 is 0. The van der Waals surface area contributed by atoms with Gasteiger partial charge in [-0.25, -0.2) is 0 Å². The van der Waals surface area contributed by atoms with E-state index < -0.39 is 11.4 Å². The van der Waals surface area contributed by atoms with E-state index in [1.165, 1.54) is 11.1 Å². The van der Waals surface area contributed by atoms with E-state index in [0.717, 1.165) is 30.5 Å². The second-order valence-corrected chi connectivity index (χ2v) is 8.66.